The zero-order valence-corrected chi connectivity index (χ0v) is 11.5. The van der Waals surface area contributed by atoms with E-state index in [1.807, 2.05) is 19.1 Å². The lowest BCUT2D eigenvalue weighted by Crippen LogP contribution is -1.87. The van der Waals surface area contributed by atoms with E-state index in [-0.39, 0.29) is 0 Å². The van der Waals surface area contributed by atoms with Crippen LogP contribution < -0.4 is 0 Å². The van der Waals surface area contributed by atoms with Crippen LogP contribution in [-0.2, 0) is 0 Å². The number of halogens is 1. The van der Waals surface area contributed by atoms with Gasteiger partial charge in [-0.15, -0.1) is 0 Å². The maximum atomic E-state index is 10.7. The first kappa shape index (κ1) is 12.3. The van der Waals surface area contributed by atoms with Crippen LogP contribution in [0.4, 0.5) is 0 Å². The van der Waals surface area contributed by atoms with Gasteiger partial charge in [-0.3, -0.25) is 4.79 Å². The molecule has 5 heteroatoms. The lowest BCUT2D eigenvalue weighted by molar-refractivity contribution is 0.112. The minimum Gasteiger partial charge on any atom is -0.298 e. The zero-order valence-electron chi connectivity index (χ0n) is 9.05. The molecule has 0 atom stereocenters. The Bertz CT molecular complexity index is 543. The molecule has 1 aromatic heterocycles. The van der Waals surface area contributed by atoms with Gasteiger partial charge in [-0.2, -0.15) is 0 Å². The van der Waals surface area contributed by atoms with E-state index in [9.17, 15) is 4.79 Å². The fraction of sp³-hybridized carbons (Fsp3) is 0.0833. The highest BCUT2D eigenvalue weighted by atomic mass is 79.9. The maximum absolute atomic E-state index is 10.7. The largest absolute Gasteiger partial charge is 0.298 e. The summed E-state index contributed by atoms with van der Waals surface area (Å²) in [6.07, 6.45) is 4.38. The van der Waals surface area contributed by atoms with Gasteiger partial charge in [-0.05, 0) is 42.4 Å². The smallest absolute Gasteiger partial charge is 0.192 e. The zero-order chi connectivity index (χ0) is 12.3. The Kier molecular flexibility index (Phi) is 3.91. The first-order valence-electron chi connectivity index (χ1n) is 4.90. The summed E-state index contributed by atoms with van der Waals surface area (Å²) >= 11 is 4.81. The lowest BCUT2D eigenvalue weighted by atomic mass is 10.2. The third kappa shape index (κ3) is 3.14. The molecule has 0 bridgehead atoms. The van der Waals surface area contributed by atoms with Crippen LogP contribution in [0.15, 0.2) is 45.1 Å². The second-order valence-corrected chi connectivity index (χ2v) is 5.34. The number of nitrogens with zero attached hydrogens (tertiary/aromatic N) is 2. The van der Waals surface area contributed by atoms with Gasteiger partial charge in [0, 0.05) is 27.3 Å². The SMILES string of the molecule is Cc1cnc(Sc2ccc(C=O)c(Br)c2)nc1. The van der Waals surface area contributed by atoms with Gasteiger partial charge in [-0.1, -0.05) is 15.9 Å². The van der Waals surface area contributed by atoms with Gasteiger partial charge in [0.2, 0.25) is 0 Å². The van der Waals surface area contributed by atoms with E-state index in [1.54, 1.807) is 18.5 Å². The van der Waals surface area contributed by atoms with Gasteiger partial charge in [0.1, 0.15) is 0 Å². The molecule has 2 rings (SSSR count). The molecule has 1 heterocycles. The first-order chi connectivity index (χ1) is 8.19. The second kappa shape index (κ2) is 5.42. The fourth-order valence-corrected chi connectivity index (χ4v) is 2.56. The average molecular weight is 309 g/mol. The van der Waals surface area contributed by atoms with Gasteiger partial charge < -0.3 is 0 Å². The van der Waals surface area contributed by atoms with E-state index >= 15 is 0 Å². The van der Waals surface area contributed by atoms with E-state index in [0.717, 1.165) is 21.2 Å². The third-order valence-electron chi connectivity index (χ3n) is 2.07. The van der Waals surface area contributed by atoms with Crippen molar-refractivity contribution in [2.45, 2.75) is 17.0 Å². The molecule has 0 aliphatic heterocycles. The molecule has 0 aliphatic carbocycles. The molecule has 0 spiro atoms. The number of aryl methyl sites for hydroxylation is 1. The molecule has 0 N–H and O–H groups in total. The highest BCUT2D eigenvalue weighted by Crippen LogP contribution is 2.28. The summed E-state index contributed by atoms with van der Waals surface area (Å²) in [4.78, 5) is 20.1. The predicted octanol–water partition coefficient (Wildman–Crippen LogP) is 3.51. The van der Waals surface area contributed by atoms with Crippen LogP contribution in [0.3, 0.4) is 0 Å². The average Bonchev–Trinajstić information content (AvgIpc) is 2.32. The second-order valence-electron chi connectivity index (χ2n) is 3.45. The normalized spacial score (nSPS) is 10.2. The summed E-state index contributed by atoms with van der Waals surface area (Å²) in [5, 5.41) is 0.696. The van der Waals surface area contributed by atoms with Crippen LogP contribution in [0.5, 0.6) is 0 Å². The van der Waals surface area contributed by atoms with Crippen molar-refractivity contribution in [2.75, 3.05) is 0 Å². The van der Waals surface area contributed by atoms with Crippen molar-refractivity contribution < 1.29 is 4.79 Å². The standard InChI is InChI=1S/C12H9BrN2OS/c1-8-5-14-12(15-6-8)17-10-3-2-9(7-16)11(13)4-10/h2-7H,1H3. The Labute approximate surface area is 112 Å². The molecule has 0 radical (unpaired) electrons. The molecule has 0 fully saturated rings. The van der Waals surface area contributed by atoms with Crippen molar-refractivity contribution in [3.8, 4) is 0 Å². The van der Waals surface area contributed by atoms with Crippen LogP contribution in [0.25, 0.3) is 0 Å². The summed E-state index contributed by atoms with van der Waals surface area (Å²) < 4.78 is 0.782. The minimum atomic E-state index is 0.638. The number of aromatic nitrogens is 2. The van der Waals surface area contributed by atoms with Crippen LogP contribution in [-0.4, -0.2) is 16.3 Å². The predicted molar refractivity (Wildman–Crippen MR) is 70.4 cm³/mol. The van der Waals surface area contributed by atoms with Gasteiger partial charge in [0.15, 0.2) is 11.4 Å². The van der Waals surface area contributed by atoms with Gasteiger partial charge in [0.05, 0.1) is 0 Å². The number of hydrogen-bond acceptors (Lipinski definition) is 4. The number of benzene rings is 1. The molecule has 3 nitrogen and oxygen atoms in total. The van der Waals surface area contributed by atoms with Crippen molar-refractivity contribution >= 4 is 34.0 Å². The highest BCUT2D eigenvalue weighted by molar-refractivity contribution is 9.10. The van der Waals surface area contributed by atoms with Crippen molar-refractivity contribution in [1.29, 1.82) is 0 Å². The van der Waals surface area contributed by atoms with Crippen LogP contribution in [0, 0.1) is 6.92 Å². The number of aldehydes is 1. The monoisotopic (exact) mass is 308 g/mol. The Morgan fingerprint density at radius 2 is 2.00 bits per heavy atom. The van der Waals surface area contributed by atoms with Crippen LogP contribution >= 0.6 is 27.7 Å². The molecule has 17 heavy (non-hydrogen) atoms. The number of rotatable bonds is 3. The quantitative estimate of drug-likeness (QED) is 0.643. The molecular formula is C12H9BrN2OS. The van der Waals surface area contributed by atoms with Crippen molar-refractivity contribution in [3.63, 3.8) is 0 Å². The van der Waals surface area contributed by atoms with E-state index in [1.165, 1.54) is 11.8 Å². The molecule has 0 amide bonds. The number of carbonyl (C=O) groups excluding carboxylic acids is 1. The Morgan fingerprint density at radius 3 is 2.59 bits per heavy atom. The molecule has 86 valence electrons. The Hall–Kier alpha value is -1.20. The van der Waals surface area contributed by atoms with Gasteiger partial charge in [-0.25, -0.2) is 9.97 Å². The number of carbonyl (C=O) groups is 1. The summed E-state index contributed by atoms with van der Waals surface area (Å²) in [7, 11) is 0. The highest BCUT2D eigenvalue weighted by Gasteiger charge is 2.03. The van der Waals surface area contributed by atoms with Gasteiger partial charge in [0.25, 0.3) is 0 Å². The molecule has 0 unspecified atom stereocenters. The lowest BCUT2D eigenvalue weighted by Gasteiger charge is -2.02. The molecule has 0 saturated heterocycles. The van der Waals surface area contributed by atoms with E-state index in [2.05, 4.69) is 25.9 Å². The summed E-state index contributed by atoms with van der Waals surface area (Å²) in [6.45, 7) is 1.95. The Balaban J connectivity index is 2.21. The third-order valence-corrected chi connectivity index (χ3v) is 3.64. The topological polar surface area (TPSA) is 42.9 Å². The summed E-state index contributed by atoms with van der Waals surface area (Å²) in [6, 6.07) is 5.54. The summed E-state index contributed by atoms with van der Waals surface area (Å²) in [5.74, 6) is 0. The van der Waals surface area contributed by atoms with Crippen molar-refractivity contribution in [1.82, 2.24) is 9.97 Å². The van der Waals surface area contributed by atoms with E-state index < -0.39 is 0 Å². The Morgan fingerprint density at radius 1 is 1.29 bits per heavy atom. The van der Waals surface area contributed by atoms with Crippen LogP contribution in [0.1, 0.15) is 15.9 Å². The fourth-order valence-electron chi connectivity index (χ4n) is 1.21. The summed E-state index contributed by atoms with van der Waals surface area (Å²) in [5.41, 5.74) is 1.67. The molecular weight excluding hydrogens is 300 g/mol. The van der Waals surface area contributed by atoms with E-state index in [4.69, 9.17) is 0 Å². The molecule has 0 saturated carbocycles. The van der Waals surface area contributed by atoms with E-state index in [0.29, 0.717) is 10.7 Å². The van der Waals surface area contributed by atoms with Crippen molar-refractivity contribution in [3.05, 3.63) is 46.2 Å². The molecule has 0 aliphatic rings. The molecule has 2 aromatic rings. The number of hydrogen-bond donors (Lipinski definition) is 0. The maximum Gasteiger partial charge on any atom is 0.192 e. The van der Waals surface area contributed by atoms with Gasteiger partial charge >= 0.3 is 0 Å². The first-order valence-corrected chi connectivity index (χ1v) is 6.51. The molecule has 1 aromatic carbocycles. The van der Waals surface area contributed by atoms with Crippen LogP contribution in [0.2, 0.25) is 0 Å². The minimum absolute atomic E-state index is 0.638. The van der Waals surface area contributed by atoms with Crippen molar-refractivity contribution in [2.24, 2.45) is 0 Å².